The summed E-state index contributed by atoms with van der Waals surface area (Å²) in [7, 11) is 0. The molecule has 0 saturated carbocycles. The number of nitro groups is 1. The lowest BCUT2D eigenvalue weighted by Gasteiger charge is -2.14. The van der Waals surface area contributed by atoms with Crippen molar-refractivity contribution in [3.63, 3.8) is 0 Å². The van der Waals surface area contributed by atoms with E-state index in [9.17, 15) is 24.1 Å². The van der Waals surface area contributed by atoms with Crippen LogP contribution in [0.15, 0.2) is 77.6 Å². The van der Waals surface area contributed by atoms with E-state index in [0.29, 0.717) is 22.0 Å². The minimum absolute atomic E-state index is 0.0855. The molecule has 0 aliphatic rings. The van der Waals surface area contributed by atoms with Crippen molar-refractivity contribution in [2.45, 2.75) is 6.42 Å². The molecule has 4 rings (SSSR count). The quantitative estimate of drug-likeness (QED) is 0.395. The fraction of sp³-hybridized carbons (Fsp3) is 0.0455. The van der Waals surface area contributed by atoms with Gasteiger partial charge in [0.15, 0.2) is 5.82 Å². The molecule has 0 unspecified atom stereocenters. The van der Waals surface area contributed by atoms with E-state index in [4.69, 9.17) is 0 Å². The number of fused-ring (bicyclic) bond motifs is 1. The van der Waals surface area contributed by atoms with Crippen LogP contribution >= 0.6 is 0 Å². The Morgan fingerprint density at radius 3 is 2.39 bits per heavy atom. The van der Waals surface area contributed by atoms with Crippen LogP contribution < -0.4 is 11.0 Å². The number of non-ortho nitro benzene ring substituents is 1. The highest BCUT2D eigenvalue weighted by Gasteiger charge is 2.16. The Morgan fingerprint density at radius 1 is 1.03 bits per heavy atom. The average Bonchev–Trinajstić information content (AvgIpc) is 2.76. The van der Waals surface area contributed by atoms with Crippen LogP contribution in [0.4, 0.5) is 10.1 Å². The maximum atomic E-state index is 13.4. The third-order valence-electron chi connectivity index (χ3n) is 4.63. The number of amides is 1. The van der Waals surface area contributed by atoms with Crippen LogP contribution in [-0.4, -0.2) is 20.5 Å². The number of nitrogens with zero attached hydrogens (tertiary/aromatic N) is 3. The highest BCUT2D eigenvalue weighted by Crippen LogP contribution is 2.19. The largest absolute Gasteiger partial charge is 0.280 e. The van der Waals surface area contributed by atoms with E-state index in [1.54, 1.807) is 24.3 Å². The van der Waals surface area contributed by atoms with Crippen molar-refractivity contribution in [1.82, 2.24) is 9.66 Å². The van der Waals surface area contributed by atoms with E-state index in [1.807, 2.05) is 0 Å². The van der Waals surface area contributed by atoms with Crippen LogP contribution in [0.5, 0.6) is 0 Å². The minimum Gasteiger partial charge on any atom is -0.273 e. The van der Waals surface area contributed by atoms with Crippen LogP contribution in [0.2, 0.25) is 0 Å². The summed E-state index contributed by atoms with van der Waals surface area (Å²) in [6, 6.07) is 17.6. The number of halogens is 1. The van der Waals surface area contributed by atoms with Crippen LogP contribution in [0.1, 0.15) is 5.56 Å². The molecular weight excluding hydrogens is 403 g/mol. The minimum atomic E-state index is -0.529. The number of benzene rings is 3. The van der Waals surface area contributed by atoms with Crippen molar-refractivity contribution in [2.75, 3.05) is 5.43 Å². The van der Waals surface area contributed by atoms with Gasteiger partial charge in [0.05, 0.1) is 22.2 Å². The van der Waals surface area contributed by atoms with Gasteiger partial charge in [-0.3, -0.25) is 25.1 Å². The number of nitro benzene ring substituents is 1. The summed E-state index contributed by atoms with van der Waals surface area (Å²) in [5.74, 6) is -0.808. The molecule has 0 aliphatic heterocycles. The van der Waals surface area contributed by atoms with Crippen LogP contribution in [0.25, 0.3) is 22.3 Å². The van der Waals surface area contributed by atoms with Gasteiger partial charge in [0.25, 0.3) is 11.2 Å². The van der Waals surface area contributed by atoms with Crippen molar-refractivity contribution in [3.8, 4) is 11.4 Å². The Kier molecular flexibility index (Phi) is 5.23. The number of hydrogen-bond acceptors (Lipinski definition) is 5. The molecule has 1 N–H and O–H groups in total. The molecule has 0 aliphatic carbocycles. The lowest BCUT2D eigenvalue weighted by atomic mass is 10.1. The zero-order chi connectivity index (χ0) is 22.0. The second-order valence-electron chi connectivity index (χ2n) is 6.74. The van der Waals surface area contributed by atoms with Crippen molar-refractivity contribution in [3.05, 3.63) is 105 Å². The fourth-order valence-electron chi connectivity index (χ4n) is 3.11. The van der Waals surface area contributed by atoms with Gasteiger partial charge in [-0.2, -0.15) is 4.68 Å². The summed E-state index contributed by atoms with van der Waals surface area (Å²) >= 11 is 0. The molecule has 31 heavy (non-hydrogen) atoms. The first kappa shape index (κ1) is 19.9. The number of para-hydroxylation sites is 1. The second kappa shape index (κ2) is 8.15. The Labute approximate surface area is 174 Å². The van der Waals surface area contributed by atoms with Crippen LogP contribution in [0, 0.1) is 15.9 Å². The topological polar surface area (TPSA) is 107 Å². The molecule has 0 bridgehead atoms. The Bertz CT molecular complexity index is 1350. The lowest BCUT2D eigenvalue weighted by Crippen LogP contribution is -2.35. The van der Waals surface area contributed by atoms with Crippen molar-refractivity contribution < 1.29 is 14.1 Å². The highest BCUT2D eigenvalue weighted by molar-refractivity contribution is 5.87. The molecule has 1 amide bonds. The predicted octanol–water partition coefficient (Wildman–Crippen LogP) is 3.42. The van der Waals surface area contributed by atoms with E-state index in [1.165, 1.54) is 48.5 Å². The third-order valence-corrected chi connectivity index (χ3v) is 4.63. The SMILES string of the molecule is O=C(Cc1ccc([N+](=O)[O-])cc1)Nn1c(-c2ccc(F)cc2)nc2ccccc2c1=O. The normalized spacial score (nSPS) is 10.7. The number of hydrogen-bond donors (Lipinski definition) is 1. The molecule has 0 spiro atoms. The smallest absolute Gasteiger partial charge is 0.273 e. The molecule has 0 saturated heterocycles. The maximum Gasteiger partial charge on any atom is 0.280 e. The van der Waals surface area contributed by atoms with Gasteiger partial charge in [-0.15, -0.1) is 0 Å². The van der Waals surface area contributed by atoms with Gasteiger partial charge in [0.2, 0.25) is 5.91 Å². The molecule has 154 valence electrons. The van der Waals surface area contributed by atoms with Crippen molar-refractivity contribution in [1.29, 1.82) is 0 Å². The number of carbonyl (C=O) groups is 1. The molecule has 3 aromatic carbocycles. The summed E-state index contributed by atoms with van der Waals surface area (Å²) in [5, 5.41) is 11.1. The number of nitrogens with one attached hydrogen (secondary N) is 1. The second-order valence-corrected chi connectivity index (χ2v) is 6.74. The van der Waals surface area contributed by atoms with Gasteiger partial charge in [-0.25, -0.2) is 9.37 Å². The first-order valence-electron chi connectivity index (χ1n) is 9.23. The van der Waals surface area contributed by atoms with Crippen LogP contribution in [0.3, 0.4) is 0 Å². The fourth-order valence-corrected chi connectivity index (χ4v) is 3.11. The molecule has 8 nitrogen and oxygen atoms in total. The van der Waals surface area contributed by atoms with Gasteiger partial charge >= 0.3 is 0 Å². The Balaban J connectivity index is 1.71. The third kappa shape index (κ3) is 4.15. The zero-order valence-corrected chi connectivity index (χ0v) is 16.0. The average molecular weight is 418 g/mol. The summed E-state index contributed by atoms with van der Waals surface area (Å²) in [6.07, 6.45) is -0.111. The van der Waals surface area contributed by atoms with Crippen LogP contribution in [-0.2, 0) is 11.2 Å². The summed E-state index contributed by atoms with van der Waals surface area (Å²) in [6.45, 7) is 0. The molecule has 0 radical (unpaired) electrons. The molecule has 4 aromatic rings. The van der Waals surface area contributed by atoms with E-state index < -0.39 is 22.2 Å². The van der Waals surface area contributed by atoms with Gasteiger partial charge in [0, 0.05) is 17.7 Å². The highest BCUT2D eigenvalue weighted by atomic mass is 19.1. The zero-order valence-electron chi connectivity index (χ0n) is 16.0. The van der Waals surface area contributed by atoms with Gasteiger partial charge in [-0.05, 0) is 42.0 Å². The molecule has 1 heterocycles. The Morgan fingerprint density at radius 2 is 1.71 bits per heavy atom. The molecule has 0 atom stereocenters. The molecule has 0 fully saturated rings. The van der Waals surface area contributed by atoms with Gasteiger partial charge in [0.1, 0.15) is 5.82 Å². The van der Waals surface area contributed by atoms with Crippen molar-refractivity contribution >= 4 is 22.5 Å². The maximum absolute atomic E-state index is 13.4. The summed E-state index contributed by atoms with van der Waals surface area (Å²) in [5.41, 5.74) is 3.39. The summed E-state index contributed by atoms with van der Waals surface area (Å²) in [4.78, 5) is 40.4. The van der Waals surface area contributed by atoms with E-state index in [-0.39, 0.29) is 17.9 Å². The van der Waals surface area contributed by atoms with Gasteiger partial charge in [-0.1, -0.05) is 24.3 Å². The predicted molar refractivity (Wildman–Crippen MR) is 113 cm³/mol. The number of aromatic nitrogens is 2. The Hall–Kier alpha value is -4.40. The summed E-state index contributed by atoms with van der Waals surface area (Å²) < 4.78 is 14.4. The molecule has 9 heteroatoms. The standard InChI is InChI=1S/C22H15FN4O4/c23-16-9-7-15(8-10-16)21-24-19-4-2-1-3-18(19)22(29)26(21)25-20(28)13-14-5-11-17(12-6-14)27(30)31/h1-12H,13H2,(H,25,28). The van der Waals surface area contributed by atoms with E-state index in [2.05, 4.69) is 10.4 Å². The first-order valence-corrected chi connectivity index (χ1v) is 9.23. The van der Waals surface area contributed by atoms with Gasteiger partial charge < -0.3 is 0 Å². The number of carbonyl (C=O) groups excluding carboxylic acids is 1. The molecule has 1 aromatic heterocycles. The number of rotatable bonds is 5. The lowest BCUT2D eigenvalue weighted by molar-refractivity contribution is -0.384. The first-order chi connectivity index (χ1) is 14.9. The monoisotopic (exact) mass is 418 g/mol. The van der Waals surface area contributed by atoms with E-state index >= 15 is 0 Å². The van der Waals surface area contributed by atoms with E-state index in [0.717, 1.165) is 4.68 Å². The van der Waals surface area contributed by atoms with Crippen molar-refractivity contribution in [2.24, 2.45) is 0 Å². The molecular formula is C22H15FN4O4.